The number of rotatable bonds is 2. The predicted octanol–water partition coefficient (Wildman–Crippen LogP) is 2.54. The first kappa shape index (κ1) is 12.4. The van der Waals surface area contributed by atoms with Crippen LogP contribution in [-0.2, 0) is 4.84 Å². The van der Waals surface area contributed by atoms with Gasteiger partial charge in [0.1, 0.15) is 0 Å². The molecular formula is C12H8BrNO4. The van der Waals surface area contributed by atoms with E-state index in [0.717, 1.165) is 4.47 Å². The third-order valence-electron chi connectivity index (χ3n) is 2.07. The first-order valence-corrected chi connectivity index (χ1v) is 5.77. The smallest absolute Gasteiger partial charge is 0.398 e. The van der Waals surface area contributed by atoms with Crippen molar-refractivity contribution in [2.75, 3.05) is 0 Å². The van der Waals surface area contributed by atoms with E-state index in [1.165, 1.54) is 12.3 Å². The van der Waals surface area contributed by atoms with Crippen LogP contribution in [0.5, 0.6) is 0 Å². The van der Waals surface area contributed by atoms with Crippen molar-refractivity contribution in [3.8, 4) is 0 Å². The normalized spacial score (nSPS) is 9.83. The second-order valence-corrected chi connectivity index (χ2v) is 4.22. The van der Waals surface area contributed by atoms with E-state index in [2.05, 4.69) is 20.8 Å². The molecule has 0 unspecified atom stereocenters. The molecule has 0 saturated heterocycles. The van der Waals surface area contributed by atoms with E-state index in [1.807, 2.05) is 5.48 Å². The van der Waals surface area contributed by atoms with Crippen molar-refractivity contribution in [2.24, 2.45) is 0 Å². The van der Waals surface area contributed by atoms with Gasteiger partial charge in [-0.25, -0.2) is 4.79 Å². The Hall–Kier alpha value is -2.08. The maximum absolute atomic E-state index is 11.6. The third kappa shape index (κ3) is 2.98. The van der Waals surface area contributed by atoms with Gasteiger partial charge in [-0.1, -0.05) is 15.9 Å². The fourth-order valence-corrected chi connectivity index (χ4v) is 1.46. The molecule has 1 amide bonds. The highest BCUT2D eigenvalue weighted by Crippen LogP contribution is 2.10. The van der Waals surface area contributed by atoms with Crippen molar-refractivity contribution < 1.29 is 18.8 Å². The molecule has 5 nitrogen and oxygen atoms in total. The third-order valence-corrected chi connectivity index (χ3v) is 2.59. The molecule has 0 spiro atoms. The summed E-state index contributed by atoms with van der Waals surface area (Å²) in [6.07, 6.45) is 1.34. The zero-order chi connectivity index (χ0) is 13.0. The molecule has 0 atom stereocenters. The van der Waals surface area contributed by atoms with Crippen molar-refractivity contribution >= 4 is 27.8 Å². The van der Waals surface area contributed by atoms with E-state index < -0.39 is 11.9 Å². The molecule has 92 valence electrons. The van der Waals surface area contributed by atoms with Crippen LogP contribution in [0.15, 0.2) is 51.6 Å². The molecule has 0 saturated carbocycles. The fraction of sp³-hybridized carbons (Fsp3) is 0. The van der Waals surface area contributed by atoms with Gasteiger partial charge < -0.3 is 9.25 Å². The zero-order valence-electron chi connectivity index (χ0n) is 9.05. The highest BCUT2D eigenvalue weighted by atomic mass is 79.9. The van der Waals surface area contributed by atoms with Gasteiger partial charge >= 0.3 is 5.97 Å². The Kier molecular flexibility index (Phi) is 3.78. The van der Waals surface area contributed by atoms with Crippen LogP contribution in [0.4, 0.5) is 0 Å². The summed E-state index contributed by atoms with van der Waals surface area (Å²) < 4.78 is 5.67. The Morgan fingerprint density at radius 1 is 1.17 bits per heavy atom. The van der Waals surface area contributed by atoms with Crippen LogP contribution in [0, 0.1) is 0 Å². The van der Waals surface area contributed by atoms with E-state index in [4.69, 9.17) is 4.42 Å². The maximum Gasteiger partial charge on any atom is 0.398 e. The van der Waals surface area contributed by atoms with Crippen molar-refractivity contribution in [2.45, 2.75) is 0 Å². The van der Waals surface area contributed by atoms with Crippen LogP contribution >= 0.6 is 15.9 Å². The molecule has 0 aliphatic heterocycles. The number of nitrogens with one attached hydrogen (secondary N) is 1. The van der Waals surface area contributed by atoms with Crippen molar-refractivity contribution in [3.63, 3.8) is 0 Å². The number of amides is 1. The number of hydroxylamine groups is 1. The minimum absolute atomic E-state index is 0.0195. The quantitative estimate of drug-likeness (QED) is 0.866. The number of benzene rings is 1. The molecule has 1 heterocycles. The van der Waals surface area contributed by atoms with Crippen LogP contribution in [0.2, 0.25) is 0 Å². The monoisotopic (exact) mass is 309 g/mol. The highest BCUT2D eigenvalue weighted by Gasteiger charge is 2.13. The molecule has 1 aromatic carbocycles. The Labute approximate surface area is 111 Å². The molecule has 1 aromatic heterocycles. The Morgan fingerprint density at radius 3 is 2.50 bits per heavy atom. The standard InChI is InChI=1S/C12H8BrNO4/c13-9-5-3-8(4-6-9)11(15)14-18-12(16)10-2-1-7-17-10/h1-7H,(H,14,15). The van der Waals surface area contributed by atoms with Crippen LogP contribution < -0.4 is 5.48 Å². The summed E-state index contributed by atoms with van der Waals surface area (Å²) in [5.41, 5.74) is 2.42. The molecule has 18 heavy (non-hydrogen) atoms. The summed E-state index contributed by atoms with van der Waals surface area (Å²) in [4.78, 5) is 27.5. The first-order chi connectivity index (χ1) is 8.66. The fourth-order valence-electron chi connectivity index (χ4n) is 1.20. The van der Waals surface area contributed by atoms with E-state index in [1.54, 1.807) is 30.3 Å². The molecule has 0 radical (unpaired) electrons. The van der Waals surface area contributed by atoms with Crippen LogP contribution in [-0.4, -0.2) is 11.9 Å². The maximum atomic E-state index is 11.6. The molecule has 2 rings (SSSR count). The summed E-state index contributed by atoms with van der Waals surface area (Å²) in [6, 6.07) is 9.61. The highest BCUT2D eigenvalue weighted by molar-refractivity contribution is 9.10. The van der Waals surface area contributed by atoms with Crippen LogP contribution in [0.25, 0.3) is 0 Å². The second kappa shape index (κ2) is 5.50. The van der Waals surface area contributed by atoms with E-state index in [0.29, 0.717) is 5.56 Å². The predicted molar refractivity (Wildman–Crippen MR) is 65.7 cm³/mol. The van der Waals surface area contributed by atoms with Gasteiger partial charge in [-0.15, -0.1) is 0 Å². The van der Waals surface area contributed by atoms with Gasteiger partial charge in [0.15, 0.2) is 0 Å². The number of furan rings is 1. The lowest BCUT2D eigenvalue weighted by atomic mass is 10.2. The SMILES string of the molecule is O=C(NOC(=O)c1ccco1)c1ccc(Br)cc1. The van der Waals surface area contributed by atoms with Crippen LogP contribution in [0.3, 0.4) is 0 Å². The Bertz CT molecular complexity index is 548. The lowest BCUT2D eigenvalue weighted by Crippen LogP contribution is -2.26. The summed E-state index contributed by atoms with van der Waals surface area (Å²) >= 11 is 3.25. The van der Waals surface area contributed by atoms with Gasteiger partial charge in [-0.3, -0.25) is 4.79 Å². The zero-order valence-corrected chi connectivity index (χ0v) is 10.6. The van der Waals surface area contributed by atoms with Gasteiger partial charge in [0.2, 0.25) is 5.76 Å². The minimum atomic E-state index is -0.759. The van der Waals surface area contributed by atoms with Gasteiger partial charge in [0.05, 0.1) is 6.26 Å². The number of carbonyl (C=O) groups excluding carboxylic acids is 2. The van der Waals surface area contributed by atoms with E-state index in [9.17, 15) is 9.59 Å². The number of hydrogen-bond donors (Lipinski definition) is 1. The Morgan fingerprint density at radius 2 is 1.89 bits per heavy atom. The van der Waals surface area contributed by atoms with E-state index >= 15 is 0 Å². The molecule has 0 fully saturated rings. The second-order valence-electron chi connectivity index (χ2n) is 3.30. The number of carbonyl (C=O) groups is 2. The largest absolute Gasteiger partial charge is 0.457 e. The van der Waals surface area contributed by atoms with Crippen LogP contribution in [0.1, 0.15) is 20.9 Å². The molecule has 1 N–H and O–H groups in total. The molecule has 2 aromatic rings. The van der Waals surface area contributed by atoms with Crippen molar-refractivity contribution in [3.05, 3.63) is 58.5 Å². The summed E-state index contributed by atoms with van der Waals surface area (Å²) in [6.45, 7) is 0. The van der Waals surface area contributed by atoms with Gasteiger partial charge in [-0.2, -0.15) is 5.48 Å². The topological polar surface area (TPSA) is 68.5 Å². The van der Waals surface area contributed by atoms with Gasteiger partial charge in [0, 0.05) is 10.0 Å². The number of hydrogen-bond acceptors (Lipinski definition) is 4. The molecule has 6 heteroatoms. The van der Waals surface area contributed by atoms with Crippen molar-refractivity contribution in [1.82, 2.24) is 5.48 Å². The molecule has 0 aliphatic carbocycles. The summed E-state index contributed by atoms with van der Waals surface area (Å²) in [5, 5.41) is 0. The minimum Gasteiger partial charge on any atom is -0.457 e. The molecule has 0 bridgehead atoms. The summed E-state index contributed by atoms with van der Waals surface area (Å²) in [7, 11) is 0. The summed E-state index contributed by atoms with van der Waals surface area (Å²) in [5.74, 6) is -1.25. The Balaban J connectivity index is 1.92. The molecule has 0 aliphatic rings. The lowest BCUT2D eigenvalue weighted by molar-refractivity contribution is 0.0201. The van der Waals surface area contributed by atoms with Crippen molar-refractivity contribution in [1.29, 1.82) is 0 Å². The van der Waals surface area contributed by atoms with Gasteiger partial charge in [0.25, 0.3) is 5.91 Å². The van der Waals surface area contributed by atoms with Gasteiger partial charge in [-0.05, 0) is 36.4 Å². The average Bonchev–Trinajstić information content (AvgIpc) is 2.90. The van der Waals surface area contributed by atoms with E-state index in [-0.39, 0.29) is 5.76 Å². The first-order valence-electron chi connectivity index (χ1n) is 4.97. The lowest BCUT2D eigenvalue weighted by Gasteiger charge is -2.04. The number of halogens is 1. The molecular weight excluding hydrogens is 302 g/mol. The average molecular weight is 310 g/mol.